The molecule has 1 aliphatic heterocycles. The van der Waals surface area contributed by atoms with Crippen molar-refractivity contribution < 1.29 is 40.2 Å². The zero-order valence-corrected chi connectivity index (χ0v) is 15.9. The second-order valence-corrected chi connectivity index (χ2v) is 7.10. The molecule has 0 radical (unpaired) electrons. The number of aromatic nitrogens is 3. The molecule has 1 aliphatic rings. The number of anilines is 1. The number of nitrogen functional groups attached to an aromatic ring is 1. The molecule has 3 rings (SSSR count). The molecule has 30 heavy (non-hydrogen) atoms. The Morgan fingerprint density at radius 1 is 1.13 bits per heavy atom. The lowest BCUT2D eigenvalue weighted by Gasteiger charge is -2.28. The third kappa shape index (κ3) is 4.16. The summed E-state index contributed by atoms with van der Waals surface area (Å²) in [6, 6.07) is 0.569. The molecule has 2 N–H and O–H groups in total. The van der Waals surface area contributed by atoms with E-state index in [0.717, 1.165) is 6.92 Å². The van der Waals surface area contributed by atoms with Gasteiger partial charge in [0, 0.05) is 13.0 Å². The maximum absolute atomic E-state index is 13.7. The van der Waals surface area contributed by atoms with E-state index in [2.05, 4.69) is 15.2 Å². The van der Waals surface area contributed by atoms with Gasteiger partial charge >= 0.3 is 12.4 Å². The van der Waals surface area contributed by atoms with Gasteiger partial charge in [-0.25, -0.2) is 4.98 Å². The molecule has 0 spiro atoms. The number of hydrogen-bond donors (Lipinski definition) is 1. The van der Waals surface area contributed by atoms with Crippen molar-refractivity contribution in [1.82, 2.24) is 15.2 Å². The molecule has 2 aromatic rings. The van der Waals surface area contributed by atoms with Crippen LogP contribution in [0.25, 0.3) is 11.6 Å². The standard InChI is InChI=1S/C17H18F6N4O3/c1-8-3-5-28-6-4-15(2,17(21,22)23)14-27-26-13(30-14)11-10(24)7-9(16(18,19)20)12(25-11)29-8/h7-8H,3-6,24H2,1-2H3/t8-,15?/m1/s1. The Hall–Kier alpha value is -2.57. The minimum Gasteiger partial charge on any atom is -0.474 e. The van der Waals surface area contributed by atoms with Gasteiger partial charge in [0.15, 0.2) is 5.69 Å². The first-order valence-electron chi connectivity index (χ1n) is 8.86. The Morgan fingerprint density at radius 2 is 1.83 bits per heavy atom. The van der Waals surface area contributed by atoms with Gasteiger partial charge in [0.1, 0.15) is 11.0 Å². The number of fused-ring (bicyclic) bond motifs is 5. The maximum Gasteiger partial charge on any atom is 0.421 e. The molecule has 0 aromatic carbocycles. The van der Waals surface area contributed by atoms with Crippen molar-refractivity contribution >= 4 is 5.69 Å². The molecule has 0 aliphatic carbocycles. The van der Waals surface area contributed by atoms with E-state index in [4.69, 9.17) is 19.6 Å². The highest BCUT2D eigenvalue weighted by molar-refractivity contribution is 5.68. The van der Waals surface area contributed by atoms with Crippen LogP contribution in [0.3, 0.4) is 0 Å². The fraction of sp³-hybridized carbons (Fsp3) is 0.588. The van der Waals surface area contributed by atoms with Crippen LogP contribution in [-0.2, 0) is 16.3 Å². The minimum absolute atomic E-state index is 0.0344. The number of pyridine rings is 1. The maximum atomic E-state index is 13.7. The van der Waals surface area contributed by atoms with Gasteiger partial charge in [-0.2, -0.15) is 26.3 Å². The van der Waals surface area contributed by atoms with Gasteiger partial charge in [-0.15, -0.1) is 10.2 Å². The first-order valence-corrected chi connectivity index (χ1v) is 8.86. The first-order chi connectivity index (χ1) is 13.8. The Kier molecular flexibility index (Phi) is 5.60. The second-order valence-electron chi connectivity index (χ2n) is 7.10. The largest absolute Gasteiger partial charge is 0.474 e. The van der Waals surface area contributed by atoms with E-state index in [1.807, 2.05) is 0 Å². The summed E-state index contributed by atoms with van der Waals surface area (Å²) < 4.78 is 97.1. The molecule has 1 unspecified atom stereocenters. The monoisotopic (exact) mass is 440 g/mol. The van der Waals surface area contributed by atoms with Crippen LogP contribution in [0.5, 0.6) is 5.88 Å². The lowest BCUT2D eigenvalue weighted by Crippen LogP contribution is -2.41. The topological polar surface area (TPSA) is 96.3 Å². The molecule has 0 fully saturated rings. The highest BCUT2D eigenvalue weighted by atomic mass is 19.4. The van der Waals surface area contributed by atoms with Gasteiger partial charge in [-0.1, -0.05) is 0 Å². The lowest BCUT2D eigenvalue weighted by atomic mass is 9.86. The highest BCUT2D eigenvalue weighted by Crippen LogP contribution is 2.44. The van der Waals surface area contributed by atoms with Gasteiger partial charge in [-0.3, -0.25) is 0 Å². The average Bonchev–Trinajstić information content (AvgIpc) is 3.10. The van der Waals surface area contributed by atoms with Crippen molar-refractivity contribution in [3.8, 4) is 17.5 Å². The summed E-state index contributed by atoms with van der Waals surface area (Å²) in [5.41, 5.74) is 1.00. The van der Waals surface area contributed by atoms with Crippen molar-refractivity contribution in [1.29, 1.82) is 0 Å². The molecular formula is C17H18F6N4O3. The van der Waals surface area contributed by atoms with Crippen LogP contribution in [0.2, 0.25) is 0 Å². The average molecular weight is 440 g/mol. The van der Waals surface area contributed by atoms with Crippen LogP contribution in [0.4, 0.5) is 32.0 Å². The predicted molar refractivity (Wildman–Crippen MR) is 90.5 cm³/mol. The summed E-state index contributed by atoms with van der Waals surface area (Å²) in [5, 5.41) is 6.98. The number of ether oxygens (including phenoxy) is 2. The van der Waals surface area contributed by atoms with Crippen LogP contribution in [0, 0.1) is 0 Å². The molecular weight excluding hydrogens is 422 g/mol. The molecule has 4 bridgehead atoms. The summed E-state index contributed by atoms with van der Waals surface area (Å²) in [6.45, 7) is 2.03. The van der Waals surface area contributed by atoms with E-state index in [0.29, 0.717) is 6.07 Å². The Morgan fingerprint density at radius 3 is 2.47 bits per heavy atom. The zero-order chi connectivity index (χ0) is 22.3. The van der Waals surface area contributed by atoms with E-state index in [9.17, 15) is 26.3 Å². The van der Waals surface area contributed by atoms with Crippen molar-refractivity contribution in [3.63, 3.8) is 0 Å². The zero-order valence-electron chi connectivity index (χ0n) is 15.9. The van der Waals surface area contributed by atoms with Crippen LogP contribution in [0.1, 0.15) is 38.1 Å². The Bertz CT molecular complexity index is 914. The van der Waals surface area contributed by atoms with E-state index in [1.54, 1.807) is 0 Å². The summed E-state index contributed by atoms with van der Waals surface area (Å²) in [6.07, 6.45) is -10.7. The molecule has 2 aromatic heterocycles. The molecule has 13 heteroatoms. The normalized spacial score (nSPS) is 23.5. The Balaban J connectivity index is 2.17. The quantitative estimate of drug-likeness (QED) is 0.616. The number of halogens is 6. The minimum atomic E-state index is -4.83. The molecule has 3 heterocycles. The number of rotatable bonds is 0. The molecule has 166 valence electrons. The summed E-state index contributed by atoms with van der Waals surface area (Å²) in [5.74, 6) is -2.13. The highest BCUT2D eigenvalue weighted by Gasteiger charge is 2.56. The van der Waals surface area contributed by atoms with Gasteiger partial charge in [0.2, 0.25) is 11.8 Å². The summed E-state index contributed by atoms with van der Waals surface area (Å²) >= 11 is 0. The van der Waals surface area contributed by atoms with Gasteiger partial charge in [0.25, 0.3) is 5.89 Å². The van der Waals surface area contributed by atoms with E-state index >= 15 is 0 Å². The van der Waals surface area contributed by atoms with Crippen LogP contribution < -0.4 is 10.5 Å². The van der Waals surface area contributed by atoms with E-state index < -0.39 is 64.9 Å². The van der Waals surface area contributed by atoms with Crippen molar-refractivity contribution in [2.24, 2.45) is 0 Å². The van der Waals surface area contributed by atoms with Gasteiger partial charge < -0.3 is 19.6 Å². The number of alkyl halides is 6. The number of nitrogens with two attached hydrogens (primary N) is 1. The predicted octanol–water partition coefficient (Wildman–Crippen LogP) is 4.13. The third-order valence-electron chi connectivity index (χ3n) is 4.78. The fourth-order valence-corrected chi connectivity index (χ4v) is 2.77. The van der Waals surface area contributed by atoms with Crippen LogP contribution in [-0.4, -0.2) is 40.7 Å². The molecule has 0 saturated carbocycles. The summed E-state index contributed by atoms with van der Waals surface area (Å²) in [7, 11) is 0. The van der Waals surface area contributed by atoms with Crippen molar-refractivity contribution in [2.45, 2.75) is 50.6 Å². The first kappa shape index (κ1) is 22.1. The van der Waals surface area contributed by atoms with Gasteiger partial charge in [0.05, 0.1) is 18.4 Å². The van der Waals surface area contributed by atoms with Crippen molar-refractivity contribution in [3.05, 3.63) is 17.5 Å². The molecule has 0 saturated heterocycles. The van der Waals surface area contributed by atoms with E-state index in [-0.39, 0.29) is 19.6 Å². The number of hydrogen-bond acceptors (Lipinski definition) is 7. The van der Waals surface area contributed by atoms with E-state index in [1.165, 1.54) is 6.92 Å². The lowest BCUT2D eigenvalue weighted by molar-refractivity contribution is -0.196. The van der Waals surface area contributed by atoms with Crippen molar-refractivity contribution in [2.75, 3.05) is 18.9 Å². The van der Waals surface area contributed by atoms with Crippen LogP contribution in [0.15, 0.2) is 10.5 Å². The molecule has 0 amide bonds. The smallest absolute Gasteiger partial charge is 0.421 e. The molecule has 2 atom stereocenters. The van der Waals surface area contributed by atoms with Crippen LogP contribution >= 0.6 is 0 Å². The summed E-state index contributed by atoms with van der Waals surface area (Å²) in [4.78, 5) is 3.75. The third-order valence-corrected chi connectivity index (χ3v) is 4.78. The fourth-order valence-electron chi connectivity index (χ4n) is 2.77. The molecule has 7 nitrogen and oxygen atoms in total. The Labute approximate surface area is 166 Å². The second kappa shape index (κ2) is 7.60. The van der Waals surface area contributed by atoms with Gasteiger partial charge in [-0.05, 0) is 26.3 Å². The SMILES string of the molecule is C[C@@H]1CCOCCC(C)(C(F)(F)F)c2nnc(o2)-c2nc(c(C(F)(F)F)cc2N)O1. The number of nitrogens with zero attached hydrogens (tertiary/aromatic N) is 3.